The van der Waals surface area contributed by atoms with Gasteiger partial charge in [0.25, 0.3) is 5.88 Å². The summed E-state index contributed by atoms with van der Waals surface area (Å²) < 4.78 is 24.0. The summed E-state index contributed by atoms with van der Waals surface area (Å²) >= 11 is 0. The van der Waals surface area contributed by atoms with Gasteiger partial charge in [0.05, 0.1) is 37.8 Å². The molecule has 1 amide bonds. The zero-order valence-electron chi connectivity index (χ0n) is 19.0. The normalized spacial score (nSPS) is 27.3. The molecule has 34 heavy (non-hydrogen) atoms. The first-order valence-corrected chi connectivity index (χ1v) is 11.3. The molecule has 2 bridgehead atoms. The molecule has 7 rings (SSSR count). The molecule has 0 aromatic carbocycles. The number of aromatic nitrogens is 6. The van der Waals surface area contributed by atoms with E-state index in [4.69, 9.17) is 4.74 Å². The molecule has 2 N–H and O–H groups in total. The number of hydrogen-bond donors (Lipinski definition) is 2. The minimum atomic E-state index is -1.25. The van der Waals surface area contributed by atoms with Crippen LogP contribution in [-0.4, -0.2) is 67.6 Å². The van der Waals surface area contributed by atoms with Gasteiger partial charge in [-0.05, 0) is 31.3 Å². The van der Waals surface area contributed by atoms with Crippen molar-refractivity contribution >= 4 is 34.5 Å². The molecule has 4 fully saturated rings. The largest absolute Gasteiger partial charge is 0.478 e. The Morgan fingerprint density at radius 3 is 2.79 bits per heavy atom. The van der Waals surface area contributed by atoms with Crippen LogP contribution >= 0.6 is 0 Å². The first kappa shape index (κ1) is 20.9. The Hall–Kier alpha value is -3.70. The van der Waals surface area contributed by atoms with Crippen molar-refractivity contribution in [2.75, 3.05) is 30.4 Å². The van der Waals surface area contributed by atoms with Gasteiger partial charge in [0.1, 0.15) is 11.9 Å². The van der Waals surface area contributed by atoms with Crippen molar-refractivity contribution in [2.45, 2.75) is 37.0 Å². The Bertz CT molecular complexity index is 1280. The van der Waals surface area contributed by atoms with Gasteiger partial charge in [-0.1, -0.05) is 6.58 Å². The minimum absolute atomic E-state index is 0.0653. The van der Waals surface area contributed by atoms with Gasteiger partial charge in [-0.2, -0.15) is 9.97 Å². The highest BCUT2D eigenvalue weighted by atomic mass is 19.1. The Labute approximate surface area is 195 Å². The summed E-state index contributed by atoms with van der Waals surface area (Å²) in [7, 11) is 3.43. The lowest BCUT2D eigenvalue weighted by Crippen LogP contribution is -2.59. The summed E-state index contributed by atoms with van der Waals surface area (Å²) in [6.07, 6.45) is 6.96. The number of aryl methyl sites for hydroxylation is 1. The first-order chi connectivity index (χ1) is 16.4. The predicted octanol–water partition coefficient (Wildman–Crippen LogP) is 1.65. The van der Waals surface area contributed by atoms with Crippen molar-refractivity contribution in [3.05, 3.63) is 25.2 Å². The van der Waals surface area contributed by atoms with Crippen molar-refractivity contribution in [2.24, 2.45) is 13.0 Å². The van der Waals surface area contributed by atoms with E-state index < -0.39 is 18.1 Å². The van der Waals surface area contributed by atoms with E-state index in [1.54, 1.807) is 22.9 Å². The topological polar surface area (TPSA) is 115 Å². The maximum absolute atomic E-state index is 14.7. The molecule has 3 aromatic rings. The van der Waals surface area contributed by atoms with Gasteiger partial charge in [-0.25, -0.2) is 9.37 Å². The number of anilines is 3. The van der Waals surface area contributed by atoms with E-state index in [0.29, 0.717) is 34.5 Å². The first-order valence-electron chi connectivity index (χ1n) is 11.3. The molecule has 3 saturated carbocycles. The standard InChI is InChI=1S/C22H26FN9O2/c1-4-16(33)25-14-9-31(8-13(14)23)21-27-18(17-19(28-21)30(2)11-24-17)26-15-10-32(29-20(15)34-3)22-5-12(6-22)7-22/h4,10-14H,1,5-9H2,2-3H3,(H,25,33)(H,26,27,28). The van der Waals surface area contributed by atoms with Gasteiger partial charge >= 0.3 is 0 Å². The van der Waals surface area contributed by atoms with Crippen molar-refractivity contribution in [1.82, 2.24) is 34.6 Å². The molecule has 4 heterocycles. The molecule has 2 atom stereocenters. The summed E-state index contributed by atoms with van der Waals surface area (Å²) in [6.45, 7) is 3.74. The monoisotopic (exact) mass is 467 g/mol. The van der Waals surface area contributed by atoms with Crippen molar-refractivity contribution in [3.63, 3.8) is 0 Å². The van der Waals surface area contributed by atoms with Gasteiger partial charge in [-0.15, -0.1) is 5.10 Å². The smallest absolute Gasteiger partial charge is 0.256 e. The SMILES string of the molecule is C=CC(=O)NC1CN(c2nc(Nc3cn(C45CC(C4)C5)nc3OC)c3ncn(C)c3n2)CC1F. The van der Waals surface area contributed by atoms with Crippen molar-refractivity contribution < 1.29 is 13.9 Å². The molecule has 2 unspecified atom stereocenters. The zero-order valence-corrected chi connectivity index (χ0v) is 19.0. The summed E-state index contributed by atoms with van der Waals surface area (Å²) in [5.41, 5.74) is 1.99. The fourth-order valence-corrected chi connectivity index (χ4v) is 5.21. The summed E-state index contributed by atoms with van der Waals surface area (Å²) in [4.78, 5) is 27.2. The average molecular weight is 468 g/mol. The molecule has 11 nitrogen and oxygen atoms in total. The lowest BCUT2D eigenvalue weighted by atomic mass is 9.50. The summed E-state index contributed by atoms with van der Waals surface area (Å²) in [5, 5.41) is 10.6. The Morgan fingerprint density at radius 1 is 1.32 bits per heavy atom. The van der Waals surface area contributed by atoms with Crippen LogP contribution in [0.5, 0.6) is 5.88 Å². The van der Waals surface area contributed by atoms with Crippen LogP contribution < -0.4 is 20.3 Å². The molecule has 178 valence electrons. The number of ether oxygens (including phenoxy) is 1. The number of carbonyl (C=O) groups excluding carboxylic acids is 1. The quantitative estimate of drug-likeness (QED) is 0.504. The molecular formula is C22H26FN9O2. The Kier molecular flexibility index (Phi) is 4.55. The number of rotatable bonds is 7. The van der Waals surface area contributed by atoms with Crippen LogP contribution in [0.2, 0.25) is 0 Å². The predicted molar refractivity (Wildman–Crippen MR) is 123 cm³/mol. The van der Waals surface area contributed by atoms with E-state index in [1.165, 1.54) is 0 Å². The second-order valence-electron chi connectivity index (χ2n) is 9.46. The lowest BCUT2D eigenvalue weighted by molar-refractivity contribution is -0.117. The highest BCUT2D eigenvalue weighted by Gasteiger charge is 2.58. The number of nitrogens with one attached hydrogen (secondary N) is 2. The lowest BCUT2D eigenvalue weighted by Gasteiger charge is -2.61. The molecule has 1 aliphatic heterocycles. The number of nitrogens with zero attached hydrogens (tertiary/aromatic N) is 7. The number of fused-ring (bicyclic) bond motifs is 1. The Balaban J connectivity index is 1.33. The van der Waals surface area contributed by atoms with Crippen LogP contribution in [0.25, 0.3) is 11.2 Å². The van der Waals surface area contributed by atoms with E-state index in [2.05, 4.69) is 37.3 Å². The van der Waals surface area contributed by atoms with Gasteiger partial charge in [-0.3, -0.25) is 9.48 Å². The van der Waals surface area contributed by atoms with E-state index >= 15 is 0 Å². The maximum atomic E-state index is 14.7. The molecule has 1 saturated heterocycles. The number of carbonyl (C=O) groups is 1. The third-order valence-electron chi connectivity index (χ3n) is 7.21. The van der Waals surface area contributed by atoms with Crippen LogP contribution in [0.4, 0.5) is 21.8 Å². The Morgan fingerprint density at radius 2 is 2.12 bits per heavy atom. The van der Waals surface area contributed by atoms with E-state index in [1.807, 2.05) is 17.9 Å². The highest BCUT2D eigenvalue weighted by Crippen LogP contribution is 2.62. The van der Waals surface area contributed by atoms with Gasteiger partial charge < -0.3 is 24.8 Å². The number of alkyl halides is 1. The second-order valence-corrected chi connectivity index (χ2v) is 9.46. The van der Waals surface area contributed by atoms with E-state index in [9.17, 15) is 9.18 Å². The summed E-state index contributed by atoms with van der Waals surface area (Å²) in [6, 6.07) is -0.667. The molecule has 0 spiro atoms. The molecule has 3 aliphatic carbocycles. The highest BCUT2D eigenvalue weighted by molar-refractivity contribution is 5.88. The maximum Gasteiger partial charge on any atom is 0.256 e. The van der Waals surface area contributed by atoms with Crippen molar-refractivity contribution in [1.29, 1.82) is 0 Å². The molecule has 0 radical (unpaired) electrons. The van der Waals surface area contributed by atoms with E-state index in [-0.39, 0.29) is 18.6 Å². The van der Waals surface area contributed by atoms with Crippen LogP contribution in [0.3, 0.4) is 0 Å². The van der Waals surface area contributed by atoms with Crippen molar-refractivity contribution in [3.8, 4) is 5.88 Å². The molecular weight excluding hydrogens is 441 g/mol. The third-order valence-corrected chi connectivity index (χ3v) is 7.21. The number of imidazole rings is 1. The van der Waals surface area contributed by atoms with Crippen LogP contribution in [0, 0.1) is 5.92 Å². The molecule has 4 aliphatic rings. The summed E-state index contributed by atoms with van der Waals surface area (Å²) in [5.74, 6) is 1.72. The van der Waals surface area contributed by atoms with E-state index in [0.717, 1.165) is 31.3 Å². The second kappa shape index (κ2) is 7.40. The van der Waals surface area contributed by atoms with Crippen LogP contribution in [-0.2, 0) is 17.4 Å². The number of halogens is 1. The molecule has 3 aromatic heterocycles. The molecule has 12 heteroatoms. The number of amides is 1. The average Bonchev–Trinajstić information content (AvgIpc) is 3.44. The van der Waals surface area contributed by atoms with Gasteiger partial charge in [0, 0.05) is 13.6 Å². The number of methoxy groups -OCH3 is 1. The fraction of sp³-hybridized carbons (Fsp3) is 0.500. The van der Waals surface area contributed by atoms with Gasteiger partial charge in [0.15, 0.2) is 17.0 Å². The third kappa shape index (κ3) is 3.11. The number of hydrogen-bond acceptors (Lipinski definition) is 8. The fourth-order valence-electron chi connectivity index (χ4n) is 5.21. The van der Waals surface area contributed by atoms with Crippen LogP contribution in [0.1, 0.15) is 19.3 Å². The minimum Gasteiger partial charge on any atom is -0.478 e. The van der Waals surface area contributed by atoms with Gasteiger partial charge in [0.2, 0.25) is 11.9 Å². The zero-order chi connectivity index (χ0) is 23.6. The van der Waals surface area contributed by atoms with Crippen LogP contribution in [0.15, 0.2) is 25.2 Å².